The normalized spacial score (nSPS) is 11.7. The molecule has 7 heteroatoms. The van der Waals surface area contributed by atoms with Crippen LogP contribution >= 0.6 is 0 Å². The van der Waals surface area contributed by atoms with Gasteiger partial charge in [0.05, 0.1) is 11.9 Å². The van der Waals surface area contributed by atoms with E-state index in [1.54, 1.807) is 18.2 Å². The summed E-state index contributed by atoms with van der Waals surface area (Å²) in [6.45, 7) is 3.97. The molecule has 6 nitrogen and oxygen atoms in total. The summed E-state index contributed by atoms with van der Waals surface area (Å²) >= 11 is 0. The predicted molar refractivity (Wildman–Crippen MR) is 84.9 cm³/mol. The Kier molecular flexibility index (Phi) is 4.88. The fourth-order valence-electron chi connectivity index (χ4n) is 1.96. The van der Waals surface area contributed by atoms with Gasteiger partial charge in [-0.15, -0.1) is 0 Å². The van der Waals surface area contributed by atoms with Crippen LogP contribution < -0.4 is 16.9 Å². The fraction of sp³-hybridized carbons (Fsp3) is 0.267. The summed E-state index contributed by atoms with van der Waals surface area (Å²) in [5.74, 6) is 5.55. The smallest absolute Gasteiger partial charge is 0.170 e. The van der Waals surface area contributed by atoms with Gasteiger partial charge in [0.15, 0.2) is 5.84 Å². The number of nitrogens with two attached hydrogens (primary N) is 2. The molecule has 22 heavy (non-hydrogen) atoms. The molecule has 116 valence electrons. The van der Waals surface area contributed by atoms with Crippen LogP contribution in [0.15, 0.2) is 35.6 Å². The van der Waals surface area contributed by atoms with E-state index in [0.29, 0.717) is 29.2 Å². The zero-order chi connectivity index (χ0) is 16.1. The molecule has 0 amide bonds. The van der Waals surface area contributed by atoms with Gasteiger partial charge in [0.25, 0.3) is 0 Å². The van der Waals surface area contributed by atoms with Crippen LogP contribution in [0.5, 0.6) is 0 Å². The highest BCUT2D eigenvalue weighted by atomic mass is 19.1. The highest BCUT2D eigenvalue weighted by molar-refractivity contribution is 5.95. The molecule has 0 bridgehead atoms. The summed E-state index contributed by atoms with van der Waals surface area (Å²) in [4.78, 5) is 8.71. The number of nitrogens with one attached hydrogen (secondary N) is 1. The number of anilines is 1. The van der Waals surface area contributed by atoms with E-state index < -0.39 is 0 Å². The number of amidine groups is 1. The van der Waals surface area contributed by atoms with Gasteiger partial charge < -0.3 is 16.9 Å². The van der Waals surface area contributed by atoms with E-state index in [2.05, 4.69) is 20.4 Å². The third-order valence-electron chi connectivity index (χ3n) is 2.99. The van der Waals surface area contributed by atoms with Gasteiger partial charge in [0.1, 0.15) is 17.3 Å². The Hall–Kier alpha value is -2.70. The number of hydrazone groups is 1. The summed E-state index contributed by atoms with van der Waals surface area (Å²) in [6.07, 6.45) is 1.78. The van der Waals surface area contributed by atoms with Crippen molar-refractivity contribution in [3.63, 3.8) is 0 Å². The van der Waals surface area contributed by atoms with Gasteiger partial charge in [-0.05, 0) is 25.5 Å². The Morgan fingerprint density at radius 1 is 1.36 bits per heavy atom. The van der Waals surface area contributed by atoms with Crippen LogP contribution in [-0.4, -0.2) is 21.8 Å². The summed E-state index contributed by atoms with van der Waals surface area (Å²) < 4.78 is 13.9. The number of benzene rings is 1. The van der Waals surface area contributed by atoms with Gasteiger partial charge in [0, 0.05) is 12.5 Å². The predicted octanol–water partition coefficient (Wildman–Crippen LogP) is 1.61. The number of hydrogen-bond donors (Lipinski definition) is 3. The van der Waals surface area contributed by atoms with Crippen LogP contribution in [0.2, 0.25) is 0 Å². The SMILES string of the molecule is CC(C)Nc1ncc(/C(N)=N/N)nc1Cc1ccccc1F. The standard InChI is InChI=1S/C15H19FN6/c1-9(2)20-15-12(7-10-5-3-4-6-11(10)16)21-13(8-19-15)14(17)22-18/h3-6,8-9H,7,18H2,1-2H3,(H2,17,22)(H,19,20). The maximum absolute atomic E-state index is 13.9. The van der Waals surface area contributed by atoms with Crippen molar-refractivity contribution < 1.29 is 4.39 Å². The molecule has 0 aliphatic rings. The molecule has 2 rings (SSSR count). The van der Waals surface area contributed by atoms with Crippen molar-refractivity contribution in [2.75, 3.05) is 5.32 Å². The largest absolute Gasteiger partial charge is 0.380 e. The van der Waals surface area contributed by atoms with E-state index in [1.165, 1.54) is 12.3 Å². The summed E-state index contributed by atoms with van der Waals surface area (Å²) in [7, 11) is 0. The van der Waals surface area contributed by atoms with Crippen LogP contribution in [-0.2, 0) is 6.42 Å². The molecule has 0 saturated heterocycles. The lowest BCUT2D eigenvalue weighted by molar-refractivity contribution is 0.613. The van der Waals surface area contributed by atoms with E-state index >= 15 is 0 Å². The summed E-state index contributed by atoms with van der Waals surface area (Å²) in [5, 5.41) is 6.60. The minimum absolute atomic E-state index is 0.0818. The number of halogens is 1. The molecule has 5 N–H and O–H groups in total. The first-order chi connectivity index (χ1) is 10.5. The molecular formula is C15H19FN6. The lowest BCUT2D eigenvalue weighted by atomic mass is 10.1. The van der Waals surface area contributed by atoms with E-state index in [9.17, 15) is 4.39 Å². The second-order valence-corrected chi connectivity index (χ2v) is 5.13. The highest BCUT2D eigenvalue weighted by Gasteiger charge is 2.13. The van der Waals surface area contributed by atoms with Gasteiger partial charge in [0.2, 0.25) is 0 Å². The van der Waals surface area contributed by atoms with Crippen molar-refractivity contribution in [2.45, 2.75) is 26.3 Å². The Morgan fingerprint density at radius 3 is 2.73 bits per heavy atom. The minimum Gasteiger partial charge on any atom is -0.380 e. The molecule has 1 aromatic carbocycles. The molecule has 1 heterocycles. The Morgan fingerprint density at radius 2 is 2.09 bits per heavy atom. The zero-order valence-electron chi connectivity index (χ0n) is 12.5. The van der Waals surface area contributed by atoms with Crippen molar-refractivity contribution >= 4 is 11.7 Å². The van der Waals surface area contributed by atoms with Crippen molar-refractivity contribution in [1.29, 1.82) is 0 Å². The van der Waals surface area contributed by atoms with Crippen LogP contribution in [0, 0.1) is 5.82 Å². The lowest BCUT2D eigenvalue weighted by Crippen LogP contribution is -2.20. The second-order valence-electron chi connectivity index (χ2n) is 5.13. The monoisotopic (exact) mass is 302 g/mol. The number of rotatable bonds is 5. The number of aromatic nitrogens is 2. The first-order valence-corrected chi connectivity index (χ1v) is 6.90. The molecule has 2 aromatic rings. The molecule has 0 atom stereocenters. The van der Waals surface area contributed by atoms with Crippen molar-refractivity contribution in [3.8, 4) is 0 Å². The van der Waals surface area contributed by atoms with Gasteiger partial charge in [-0.3, -0.25) is 0 Å². The summed E-state index contributed by atoms with van der Waals surface area (Å²) in [6, 6.07) is 6.72. The highest BCUT2D eigenvalue weighted by Crippen LogP contribution is 2.18. The van der Waals surface area contributed by atoms with Crippen molar-refractivity contribution in [3.05, 3.63) is 53.2 Å². The summed E-state index contributed by atoms with van der Waals surface area (Å²) in [5.41, 5.74) is 7.15. The first-order valence-electron chi connectivity index (χ1n) is 6.90. The van der Waals surface area contributed by atoms with Gasteiger partial charge in [-0.2, -0.15) is 5.10 Å². The van der Waals surface area contributed by atoms with E-state index in [1.807, 2.05) is 13.8 Å². The zero-order valence-corrected chi connectivity index (χ0v) is 12.5. The Balaban J connectivity index is 2.43. The molecule has 0 saturated carbocycles. The first kappa shape index (κ1) is 15.7. The molecule has 1 aromatic heterocycles. The average Bonchev–Trinajstić information content (AvgIpc) is 2.50. The van der Waals surface area contributed by atoms with Crippen molar-refractivity contribution in [1.82, 2.24) is 9.97 Å². The van der Waals surface area contributed by atoms with Crippen LogP contribution in [0.25, 0.3) is 0 Å². The van der Waals surface area contributed by atoms with Gasteiger partial charge >= 0.3 is 0 Å². The van der Waals surface area contributed by atoms with Crippen LogP contribution in [0.4, 0.5) is 10.2 Å². The molecule has 0 radical (unpaired) electrons. The maximum atomic E-state index is 13.9. The number of hydrogen-bond acceptors (Lipinski definition) is 5. The van der Waals surface area contributed by atoms with Crippen LogP contribution in [0.3, 0.4) is 0 Å². The Bertz CT molecular complexity index is 683. The minimum atomic E-state index is -0.286. The molecule has 0 unspecified atom stereocenters. The number of nitrogens with zero attached hydrogens (tertiary/aromatic N) is 3. The molecule has 0 aliphatic carbocycles. The van der Waals surface area contributed by atoms with E-state index in [-0.39, 0.29) is 17.7 Å². The van der Waals surface area contributed by atoms with Gasteiger partial charge in [-0.1, -0.05) is 18.2 Å². The lowest BCUT2D eigenvalue weighted by Gasteiger charge is -2.14. The quantitative estimate of drug-likeness (QED) is 0.337. The third-order valence-corrected chi connectivity index (χ3v) is 2.99. The van der Waals surface area contributed by atoms with E-state index in [4.69, 9.17) is 11.6 Å². The molecule has 0 spiro atoms. The second kappa shape index (κ2) is 6.84. The topological polar surface area (TPSA) is 102 Å². The average molecular weight is 302 g/mol. The fourth-order valence-corrected chi connectivity index (χ4v) is 1.96. The van der Waals surface area contributed by atoms with Crippen LogP contribution in [0.1, 0.15) is 30.8 Å². The Labute approximate surface area is 128 Å². The van der Waals surface area contributed by atoms with Gasteiger partial charge in [-0.25, -0.2) is 14.4 Å². The maximum Gasteiger partial charge on any atom is 0.170 e. The molecule has 0 aliphatic heterocycles. The third kappa shape index (κ3) is 3.69. The molecular weight excluding hydrogens is 283 g/mol. The molecule has 0 fully saturated rings. The van der Waals surface area contributed by atoms with E-state index in [0.717, 1.165) is 0 Å². The van der Waals surface area contributed by atoms with Crippen molar-refractivity contribution in [2.24, 2.45) is 16.7 Å².